The highest BCUT2D eigenvalue weighted by molar-refractivity contribution is 9.10. The number of anilines is 1. The van der Waals surface area contributed by atoms with Crippen LogP contribution in [0.15, 0.2) is 47.3 Å². The fourth-order valence-electron chi connectivity index (χ4n) is 1.68. The first-order chi connectivity index (χ1) is 8.31. The Labute approximate surface area is 110 Å². The smallest absolute Gasteiger partial charge is 0.0602 e. The Hall–Kier alpha value is -1.42. The summed E-state index contributed by atoms with van der Waals surface area (Å²) in [6.45, 7) is 3.87. The van der Waals surface area contributed by atoms with Gasteiger partial charge in [-0.05, 0) is 41.1 Å². The number of rotatable bonds is 4. The number of nitrogens with zero attached hydrogens (tertiary/aromatic N) is 3. The molecular formula is C13H14BrN3. The lowest BCUT2D eigenvalue weighted by atomic mass is 10.3. The maximum Gasteiger partial charge on any atom is 0.0602 e. The summed E-state index contributed by atoms with van der Waals surface area (Å²) in [5.41, 5.74) is 2.21. The molecule has 0 atom stereocenters. The van der Waals surface area contributed by atoms with E-state index in [9.17, 15) is 0 Å². The molecule has 0 aliphatic heterocycles. The van der Waals surface area contributed by atoms with Crippen LogP contribution in [0.1, 0.15) is 12.6 Å². The van der Waals surface area contributed by atoms with Gasteiger partial charge < -0.3 is 4.90 Å². The molecule has 17 heavy (non-hydrogen) atoms. The van der Waals surface area contributed by atoms with Gasteiger partial charge in [-0.3, -0.25) is 9.97 Å². The standard InChI is InChI=1S/C13H14BrN3/c1-2-17(10-11-5-3-4-7-16-11)13-6-8-15-9-12(13)14/h3-9H,2,10H2,1H3. The Balaban J connectivity index is 2.21. The Kier molecular flexibility index (Phi) is 4.09. The lowest BCUT2D eigenvalue weighted by molar-refractivity contribution is 0.806. The molecule has 2 aromatic heterocycles. The van der Waals surface area contributed by atoms with Crippen LogP contribution in [0.5, 0.6) is 0 Å². The van der Waals surface area contributed by atoms with Crippen molar-refractivity contribution >= 4 is 21.6 Å². The van der Waals surface area contributed by atoms with Crippen LogP contribution in [0.3, 0.4) is 0 Å². The summed E-state index contributed by atoms with van der Waals surface area (Å²) in [5, 5.41) is 0. The normalized spacial score (nSPS) is 10.2. The second kappa shape index (κ2) is 5.77. The van der Waals surface area contributed by atoms with Gasteiger partial charge >= 0.3 is 0 Å². The van der Waals surface area contributed by atoms with Crippen molar-refractivity contribution in [1.82, 2.24) is 9.97 Å². The predicted molar refractivity (Wildman–Crippen MR) is 72.9 cm³/mol. The first-order valence-electron chi connectivity index (χ1n) is 5.55. The SMILES string of the molecule is CCN(Cc1ccccn1)c1ccncc1Br. The summed E-state index contributed by atoms with van der Waals surface area (Å²) >= 11 is 3.53. The molecule has 4 heteroatoms. The van der Waals surface area contributed by atoms with E-state index in [2.05, 4.69) is 37.7 Å². The van der Waals surface area contributed by atoms with Crippen molar-refractivity contribution in [1.29, 1.82) is 0 Å². The van der Waals surface area contributed by atoms with E-state index in [4.69, 9.17) is 0 Å². The van der Waals surface area contributed by atoms with E-state index in [1.165, 1.54) is 0 Å². The first-order valence-corrected chi connectivity index (χ1v) is 6.35. The number of aromatic nitrogens is 2. The molecule has 0 saturated heterocycles. The average molecular weight is 292 g/mol. The van der Waals surface area contributed by atoms with E-state index in [0.29, 0.717) is 0 Å². The Morgan fingerprint density at radius 1 is 1.24 bits per heavy atom. The summed E-state index contributed by atoms with van der Waals surface area (Å²) in [7, 11) is 0. The summed E-state index contributed by atoms with van der Waals surface area (Å²) in [6, 6.07) is 7.99. The zero-order valence-electron chi connectivity index (χ0n) is 9.68. The van der Waals surface area contributed by atoms with Crippen molar-refractivity contribution in [3.05, 3.63) is 53.0 Å². The number of halogens is 1. The maximum absolute atomic E-state index is 4.35. The quantitative estimate of drug-likeness (QED) is 0.866. The second-order valence-electron chi connectivity index (χ2n) is 3.66. The van der Waals surface area contributed by atoms with Crippen molar-refractivity contribution in [2.45, 2.75) is 13.5 Å². The Bertz CT molecular complexity index is 473. The molecular weight excluding hydrogens is 278 g/mol. The van der Waals surface area contributed by atoms with Crippen LogP contribution in [0.2, 0.25) is 0 Å². The molecule has 0 saturated carbocycles. The summed E-state index contributed by atoms with van der Waals surface area (Å²) in [5.74, 6) is 0. The van der Waals surface area contributed by atoms with Gasteiger partial charge in [0.2, 0.25) is 0 Å². The zero-order chi connectivity index (χ0) is 12.1. The molecule has 0 aromatic carbocycles. The van der Waals surface area contributed by atoms with Crippen molar-refractivity contribution in [3.63, 3.8) is 0 Å². The van der Waals surface area contributed by atoms with Crippen molar-refractivity contribution in [2.24, 2.45) is 0 Å². The maximum atomic E-state index is 4.35. The van der Waals surface area contributed by atoms with Gasteiger partial charge in [0.05, 0.1) is 22.4 Å². The number of pyridine rings is 2. The van der Waals surface area contributed by atoms with Gasteiger partial charge in [0.1, 0.15) is 0 Å². The van der Waals surface area contributed by atoms with Crippen LogP contribution in [0.25, 0.3) is 0 Å². The molecule has 0 spiro atoms. The zero-order valence-corrected chi connectivity index (χ0v) is 11.3. The molecule has 0 N–H and O–H groups in total. The van der Waals surface area contributed by atoms with E-state index in [0.717, 1.165) is 28.9 Å². The number of hydrogen-bond donors (Lipinski definition) is 0. The Morgan fingerprint density at radius 2 is 2.12 bits per heavy atom. The van der Waals surface area contributed by atoms with Crippen molar-refractivity contribution in [2.75, 3.05) is 11.4 Å². The van der Waals surface area contributed by atoms with E-state index >= 15 is 0 Å². The molecule has 3 nitrogen and oxygen atoms in total. The fraction of sp³-hybridized carbons (Fsp3) is 0.231. The summed E-state index contributed by atoms with van der Waals surface area (Å²) in [6.07, 6.45) is 5.45. The molecule has 0 aliphatic rings. The van der Waals surface area contributed by atoms with Crippen LogP contribution in [-0.2, 0) is 6.54 Å². The van der Waals surface area contributed by atoms with Crippen LogP contribution in [-0.4, -0.2) is 16.5 Å². The Morgan fingerprint density at radius 3 is 2.76 bits per heavy atom. The van der Waals surface area contributed by atoms with Gasteiger partial charge in [0.15, 0.2) is 0 Å². The predicted octanol–water partition coefficient (Wildman–Crippen LogP) is 3.27. The van der Waals surface area contributed by atoms with E-state index in [-0.39, 0.29) is 0 Å². The minimum Gasteiger partial charge on any atom is -0.365 e. The van der Waals surface area contributed by atoms with Crippen LogP contribution >= 0.6 is 15.9 Å². The molecule has 0 bridgehead atoms. The highest BCUT2D eigenvalue weighted by atomic mass is 79.9. The third-order valence-corrected chi connectivity index (χ3v) is 3.16. The van der Waals surface area contributed by atoms with Gasteiger partial charge in [-0.25, -0.2) is 0 Å². The minimum absolute atomic E-state index is 0.806. The van der Waals surface area contributed by atoms with Crippen molar-refractivity contribution in [3.8, 4) is 0 Å². The molecule has 2 heterocycles. The molecule has 0 fully saturated rings. The third-order valence-electron chi connectivity index (χ3n) is 2.55. The van der Waals surface area contributed by atoms with Crippen LogP contribution < -0.4 is 4.90 Å². The van der Waals surface area contributed by atoms with Gasteiger partial charge in [-0.2, -0.15) is 0 Å². The van der Waals surface area contributed by atoms with E-state index in [1.807, 2.05) is 36.7 Å². The summed E-state index contributed by atoms with van der Waals surface area (Å²) in [4.78, 5) is 10.7. The van der Waals surface area contributed by atoms with Crippen LogP contribution in [0, 0.1) is 0 Å². The van der Waals surface area contributed by atoms with E-state index < -0.39 is 0 Å². The molecule has 0 unspecified atom stereocenters. The first kappa shape index (κ1) is 12.0. The van der Waals surface area contributed by atoms with Gasteiger partial charge in [-0.15, -0.1) is 0 Å². The molecule has 88 valence electrons. The minimum atomic E-state index is 0.806. The molecule has 2 aromatic rings. The molecule has 0 aliphatic carbocycles. The highest BCUT2D eigenvalue weighted by Crippen LogP contribution is 2.25. The van der Waals surface area contributed by atoms with Gasteiger partial charge in [0, 0.05) is 25.1 Å². The molecule has 0 radical (unpaired) electrons. The van der Waals surface area contributed by atoms with Crippen LogP contribution in [0.4, 0.5) is 5.69 Å². The third kappa shape index (κ3) is 3.03. The fourth-order valence-corrected chi connectivity index (χ4v) is 2.18. The summed E-state index contributed by atoms with van der Waals surface area (Å²) < 4.78 is 1.01. The topological polar surface area (TPSA) is 29.0 Å². The van der Waals surface area contributed by atoms with Gasteiger partial charge in [-0.1, -0.05) is 6.07 Å². The molecule has 2 rings (SSSR count). The van der Waals surface area contributed by atoms with Gasteiger partial charge in [0.25, 0.3) is 0 Å². The monoisotopic (exact) mass is 291 g/mol. The lowest BCUT2D eigenvalue weighted by Crippen LogP contribution is -2.22. The second-order valence-corrected chi connectivity index (χ2v) is 4.52. The van der Waals surface area contributed by atoms with E-state index in [1.54, 1.807) is 6.20 Å². The van der Waals surface area contributed by atoms with Crippen molar-refractivity contribution < 1.29 is 0 Å². The highest BCUT2D eigenvalue weighted by Gasteiger charge is 2.08. The lowest BCUT2D eigenvalue weighted by Gasteiger charge is -2.23. The number of hydrogen-bond acceptors (Lipinski definition) is 3. The average Bonchev–Trinajstić information content (AvgIpc) is 2.38. The largest absolute Gasteiger partial charge is 0.365 e. The molecule has 0 amide bonds.